The Morgan fingerprint density at radius 1 is 1.38 bits per heavy atom. The van der Waals surface area contributed by atoms with E-state index in [2.05, 4.69) is 39.2 Å². The van der Waals surface area contributed by atoms with Gasteiger partial charge in [0.2, 0.25) is 0 Å². The fourth-order valence-electron chi connectivity index (χ4n) is 1.61. The van der Waals surface area contributed by atoms with Crippen LogP contribution >= 0.6 is 23.9 Å². The molecular weight excluding hydrogens is 287 g/mol. The zero-order chi connectivity index (χ0) is 11.9. The summed E-state index contributed by atoms with van der Waals surface area (Å²) >= 11 is 3.51. The molecule has 0 radical (unpaired) electrons. The summed E-state index contributed by atoms with van der Waals surface area (Å²) in [6.07, 6.45) is 0. The van der Waals surface area contributed by atoms with E-state index in [0.29, 0.717) is 11.2 Å². The van der Waals surface area contributed by atoms with Gasteiger partial charge in [-0.25, -0.2) is 4.98 Å². The number of aromatic amines is 1. The maximum atomic E-state index is 11.7. The number of aryl methyl sites for hydroxylation is 1. The zero-order valence-electron chi connectivity index (χ0n) is 9.34. The summed E-state index contributed by atoms with van der Waals surface area (Å²) in [7, 11) is -0.208. The van der Waals surface area contributed by atoms with E-state index >= 15 is 0 Å². The molecule has 84 valence electrons. The molecule has 0 saturated carbocycles. The van der Waals surface area contributed by atoms with Crippen molar-refractivity contribution >= 4 is 40.1 Å². The van der Waals surface area contributed by atoms with Gasteiger partial charge < -0.3 is 4.98 Å². The van der Waals surface area contributed by atoms with Crippen LogP contribution in [0.25, 0.3) is 10.9 Å². The minimum Gasteiger partial charge on any atom is -0.310 e. The molecule has 0 saturated heterocycles. The Bertz CT molecular complexity index is 607. The quantitative estimate of drug-likeness (QED) is 0.822. The Hall–Kier alpha value is -0.730. The lowest BCUT2D eigenvalue weighted by molar-refractivity contribution is 1.06. The molecule has 1 aromatic carbocycles. The molecule has 0 spiro atoms. The second-order valence-corrected chi connectivity index (χ2v) is 6.99. The Morgan fingerprint density at radius 3 is 2.69 bits per heavy atom. The monoisotopic (exact) mass is 298 g/mol. The zero-order valence-corrected chi connectivity index (χ0v) is 11.8. The minimum atomic E-state index is -0.208. The second-order valence-electron chi connectivity index (χ2n) is 3.87. The third-order valence-corrected chi connectivity index (χ3v) is 4.67. The summed E-state index contributed by atoms with van der Waals surface area (Å²) in [5.74, 6) is 0.655. The second kappa shape index (κ2) is 4.27. The van der Waals surface area contributed by atoms with E-state index in [9.17, 15) is 4.79 Å². The van der Waals surface area contributed by atoms with Crippen LogP contribution in [0.1, 0.15) is 5.82 Å². The van der Waals surface area contributed by atoms with Crippen molar-refractivity contribution in [3.05, 3.63) is 32.8 Å². The lowest BCUT2D eigenvalue weighted by Gasteiger charge is -2.10. The molecule has 0 unspecified atom stereocenters. The molecule has 0 fully saturated rings. The van der Waals surface area contributed by atoms with Gasteiger partial charge in [-0.1, -0.05) is 23.9 Å². The van der Waals surface area contributed by atoms with Crippen LogP contribution in [0.5, 0.6) is 0 Å². The van der Waals surface area contributed by atoms with Gasteiger partial charge in [0.25, 0.3) is 5.56 Å². The fraction of sp³-hybridized carbons (Fsp3) is 0.273. The SMILES string of the molecule is Cc1nc2cc(P(C)C)c(Br)cc2c(=O)[nH]1. The Kier molecular flexibility index (Phi) is 3.13. The standard InChI is InChI=1S/C11H12BrN2OP/c1-6-13-9-5-10(16(2)3)8(12)4-7(9)11(15)14-6/h4-5H,1-3H3,(H,13,14,15). The van der Waals surface area contributed by atoms with Gasteiger partial charge in [-0.15, -0.1) is 0 Å². The molecule has 1 N–H and O–H groups in total. The van der Waals surface area contributed by atoms with Gasteiger partial charge in [0.1, 0.15) is 5.82 Å². The largest absolute Gasteiger partial charge is 0.310 e. The summed E-state index contributed by atoms with van der Waals surface area (Å²) in [5.41, 5.74) is 0.696. The molecule has 2 aromatic rings. The highest BCUT2D eigenvalue weighted by atomic mass is 79.9. The van der Waals surface area contributed by atoms with Crippen molar-refractivity contribution in [1.29, 1.82) is 0 Å². The summed E-state index contributed by atoms with van der Waals surface area (Å²) in [6.45, 7) is 6.16. The van der Waals surface area contributed by atoms with Crippen molar-refractivity contribution in [1.82, 2.24) is 9.97 Å². The Balaban J connectivity index is 2.84. The van der Waals surface area contributed by atoms with E-state index in [1.54, 1.807) is 6.92 Å². The molecule has 16 heavy (non-hydrogen) atoms. The van der Waals surface area contributed by atoms with Crippen LogP contribution in [0.3, 0.4) is 0 Å². The van der Waals surface area contributed by atoms with Crippen LogP contribution in [0.4, 0.5) is 0 Å². The molecule has 0 bridgehead atoms. The highest BCUT2D eigenvalue weighted by Crippen LogP contribution is 2.29. The van der Waals surface area contributed by atoms with E-state index in [4.69, 9.17) is 0 Å². The normalized spacial score (nSPS) is 11.3. The predicted molar refractivity (Wildman–Crippen MR) is 73.2 cm³/mol. The number of nitrogens with zero attached hydrogens (tertiary/aromatic N) is 1. The fourth-order valence-corrected chi connectivity index (χ4v) is 3.89. The average Bonchev–Trinajstić information content (AvgIpc) is 2.18. The number of benzene rings is 1. The smallest absolute Gasteiger partial charge is 0.258 e. The van der Waals surface area contributed by atoms with Gasteiger partial charge in [-0.05, 0) is 37.7 Å². The number of rotatable bonds is 1. The van der Waals surface area contributed by atoms with Gasteiger partial charge in [0.15, 0.2) is 0 Å². The first kappa shape index (κ1) is 11.7. The number of hydrogen-bond acceptors (Lipinski definition) is 2. The minimum absolute atomic E-state index is 0.0775. The summed E-state index contributed by atoms with van der Waals surface area (Å²) in [5, 5.41) is 1.87. The molecule has 1 heterocycles. The highest BCUT2D eigenvalue weighted by Gasteiger charge is 2.09. The van der Waals surface area contributed by atoms with E-state index in [1.807, 2.05) is 12.1 Å². The topological polar surface area (TPSA) is 45.8 Å². The number of hydrogen-bond donors (Lipinski definition) is 1. The third kappa shape index (κ3) is 2.04. The van der Waals surface area contributed by atoms with E-state index in [-0.39, 0.29) is 13.5 Å². The summed E-state index contributed by atoms with van der Waals surface area (Å²) in [4.78, 5) is 18.8. The van der Waals surface area contributed by atoms with Gasteiger partial charge in [0.05, 0.1) is 10.9 Å². The molecule has 2 rings (SSSR count). The van der Waals surface area contributed by atoms with Gasteiger partial charge >= 0.3 is 0 Å². The average molecular weight is 299 g/mol. The first-order valence-electron chi connectivity index (χ1n) is 4.86. The van der Waals surface area contributed by atoms with Crippen molar-refractivity contribution in [2.24, 2.45) is 0 Å². The van der Waals surface area contributed by atoms with Crippen LogP contribution in [-0.4, -0.2) is 23.3 Å². The Morgan fingerprint density at radius 2 is 2.06 bits per heavy atom. The highest BCUT2D eigenvalue weighted by molar-refractivity contribution is 9.10. The van der Waals surface area contributed by atoms with E-state index in [1.165, 1.54) is 5.30 Å². The Labute approximate surface area is 103 Å². The molecule has 0 aliphatic carbocycles. The molecule has 0 aliphatic heterocycles. The van der Waals surface area contributed by atoms with Crippen LogP contribution in [-0.2, 0) is 0 Å². The van der Waals surface area contributed by atoms with Crippen molar-refractivity contribution in [3.8, 4) is 0 Å². The van der Waals surface area contributed by atoms with E-state index in [0.717, 1.165) is 9.99 Å². The number of aromatic nitrogens is 2. The molecule has 1 aromatic heterocycles. The first-order chi connectivity index (χ1) is 7.49. The lowest BCUT2D eigenvalue weighted by Crippen LogP contribution is -2.12. The number of halogens is 1. The van der Waals surface area contributed by atoms with Crippen LogP contribution in [0.15, 0.2) is 21.4 Å². The molecule has 3 nitrogen and oxygen atoms in total. The first-order valence-corrected chi connectivity index (χ1v) is 7.89. The summed E-state index contributed by atoms with van der Waals surface area (Å²) < 4.78 is 0.993. The van der Waals surface area contributed by atoms with Gasteiger partial charge in [-0.3, -0.25) is 4.79 Å². The number of H-pyrrole nitrogens is 1. The van der Waals surface area contributed by atoms with Gasteiger partial charge in [0, 0.05) is 4.47 Å². The van der Waals surface area contributed by atoms with Crippen LogP contribution in [0.2, 0.25) is 0 Å². The van der Waals surface area contributed by atoms with Crippen LogP contribution in [0, 0.1) is 6.92 Å². The number of nitrogens with one attached hydrogen (secondary N) is 1. The van der Waals surface area contributed by atoms with Crippen molar-refractivity contribution in [2.45, 2.75) is 6.92 Å². The van der Waals surface area contributed by atoms with Crippen molar-refractivity contribution in [2.75, 3.05) is 13.3 Å². The van der Waals surface area contributed by atoms with Crippen molar-refractivity contribution in [3.63, 3.8) is 0 Å². The number of fused-ring (bicyclic) bond motifs is 1. The molecule has 0 amide bonds. The summed E-state index contributed by atoms with van der Waals surface area (Å²) in [6, 6.07) is 3.87. The van der Waals surface area contributed by atoms with Crippen LogP contribution < -0.4 is 10.9 Å². The maximum Gasteiger partial charge on any atom is 0.258 e. The molecule has 0 aliphatic rings. The molecule has 5 heteroatoms. The molecular formula is C11H12BrN2OP. The maximum absolute atomic E-state index is 11.7. The predicted octanol–water partition coefficient (Wildman–Crippen LogP) is 2.36. The third-order valence-electron chi connectivity index (χ3n) is 2.37. The van der Waals surface area contributed by atoms with E-state index < -0.39 is 0 Å². The molecule has 0 atom stereocenters. The lowest BCUT2D eigenvalue weighted by atomic mass is 10.2. The van der Waals surface area contributed by atoms with Crippen molar-refractivity contribution < 1.29 is 0 Å². The van der Waals surface area contributed by atoms with Gasteiger partial charge in [-0.2, -0.15) is 0 Å².